The Morgan fingerprint density at radius 3 is 0.864 bits per heavy atom. The number of rotatable bonds is 6. The average Bonchev–Trinajstić information content (AvgIpc) is 4.10. The van der Waals surface area contributed by atoms with Crippen LogP contribution in [0.2, 0.25) is 0 Å². The Balaban J connectivity index is 0.00000129. The predicted octanol–water partition coefficient (Wildman–Crippen LogP) is 13.5. The van der Waals surface area contributed by atoms with E-state index in [1.165, 1.54) is 47.0 Å². The van der Waals surface area contributed by atoms with E-state index in [4.69, 9.17) is 46.4 Å². The normalized spacial score (nSPS) is 11.5. The number of allylic oxidation sites excluding steroid dienone is 8. The lowest BCUT2D eigenvalue weighted by Crippen LogP contribution is -2.17. The van der Waals surface area contributed by atoms with E-state index in [0.29, 0.717) is 22.3 Å². The second kappa shape index (κ2) is 25.1. The van der Waals surface area contributed by atoms with Crippen LogP contribution in [0.3, 0.4) is 0 Å². The fraction of sp³-hybridized carbons (Fsp3) is 0.0400. The smallest absolute Gasteiger partial charge is 0.138 e. The van der Waals surface area contributed by atoms with Crippen molar-refractivity contribution in [3.8, 4) is 48.6 Å². The Bertz CT molecular complexity index is 3140. The molecule has 0 fully saturated rings. The van der Waals surface area contributed by atoms with Crippen LogP contribution in [-0.2, 0) is 0 Å². The highest BCUT2D eigenvalue weighted by Crippen LogP contribution is 2.44. The highest BCUT2D eigenvalue weighted by molar-refractivity contribution is 8.35. The van der Waals surface area contributed by atoms with Gasteiger partial charge in [0, 0.05) is 32.7 Å². The van der Waals surface area contributed by atoms with Crippen LogP contribution in [0.4, 0.5) is 0 Å². The second-order valence-corrected chi connectivity index (χ2v) is 18.5. The number of nitrogens with zero attached hydrogens (tertiary/aromatic N) is 8. The Labute approximate surface area is 417 Å². The van der Waals surface area contributed by atoms with Crippen LogP contribution in [0.25, 0.3) is 52.3 Å². The number of halogens is 4. The molecule has 0 saturated heterocycles. The van der Waals surface area contributed by atoms with Gasteiger partial charge < -0.3 is 0 Å². The van der Waals surface area contributed by atoms with Gasteiger partial charge in [-0.2, -0.15) is 42.1 Å². The Hall–Kier alpha value is -6.72. The van der Waals surface area contributed by atoms with Gasteiger partial charge in [-0.05, 0) is 77.6 Å². The molecule has 2 heterocycles. The summed E-state index contributed by atoms with van der Waals surface area (Å²) in [6.07, 6.45) is 0. The van der Waals surface area contributed by atoms with Gasteiger partial charge in [-0.15, -0.1) is 46.4 Å². The predicted molar refractivity (Wildman–Crippen MR) is 275 cm³/mol. The standard InChI is InChI=1S/C48H20N8S4.2CH2Cl2/c49-21-33(22-50)41(29-7-3-1-4-8-29)43(35(25-53)26-54)31-11-13-37-39(19-31)45(47-57-15-16-58-47)38-14-12-32(20-40(38)46(37)48-59-17-18-60-48)44(36(27-55)28-56)42(34(23-51)24-52)30-9-5-2-6-10-30;2*2-1-3/h1-20H;2*1H2. The van der Waals surface area contributed by atoms with E-state index in [0.717, 1.165) is 40.5 Å². The summed E-state index contributed by atoms with van der Waals surface area (Å²) in [5.41, 5.74) is 1.39. The molecule has 0 radical (unpaired) electrons. The first-order chi connectivity index (χ1) is 32.3. The quantitative estimate of drug-likeness (QED) is 0.0678. The van der Waals surface area contributed by atoms with Crippen molar-refractivity contribution < 1.29 is 0 Å². The SMILES string of the molecule is ClCCl.ClCCl.N#CC(C#N)=C(C(=C(C#N)C#N)c1ccc2c(=C3SC=CS3)c3cc(C(=C(C#N)C#N)C(=C(C#N)C#N)c4ccccc4)ccc3c(=C3SC=CS3)c2c1)c1ccccc1. The maximum Gasteiger partial charge on any atom is 0.138 e. The summed E-state index contributed by atoms with van der Waals surface area (Å²) < 4.78 is 1.87. The van der Waals surface area contributed by atoms with Crippen molar-refractivity contribution in [1.82, 2.24) is 0 Å². The zero-order valence-electron chi connectivity index (χ0n) is 33.7. The fourth-order valence-corrected chi connectivity index (χ4v) is 10.9. The summed E-state index contributed by atoms with van der Waals surface area (Å²) in [6, 6.07) is 44.6. The van der Waals surface area contributed by atoms with Crippen LogP contribution < -0.4 is 10.4 Å². The van der Waals surface area contributed by atoms with Gasteiger partial charge in [-0.1, -0.05) is 132 Å². The van der Waals surface area contributed by atoms with Crippen LogP contribution in [-0.4, -0.2) is 10.7 Å². The molecule has 0 bridgehead atoms. The van der Waals surface area contributed by atoms with Crippen molar-refractivity contribution in [1.29, 1.82) is 42.1 Å². The molecule has 0 amide bonds. The third-order valence-electron chi connectivity index (χ3n) is 9.43. The van der Waals surface area contributed by atoms with E-state index in [9.17, 15) is 42.1 Å². The monoisotopic (exact) mass is 1000 g/mol. The molecule has 66 heavy (non-hydrogen) atoms. The van der Waals surface area contributed by atoms with E-state index in [1.807, 2.05) is 94.5 Å². The van der Waals surface area contributed by atoms with E-state index in [-0.39, 0.29) is 55.3 Å². The van der Waals surface area contributed by atoms with E-state index in [2.05, 4.69) is 0 Å². The highest BCUT2D eigenvalue weighted by atomic mass is 35.5. The summed E-state index contributed by atoms with van der Waals surface area (Å²) >= 11 is 25.2. The third-order valence-corrected chi connectivity index (χ3v) is 13.7. The first-order valence-corrected chi connectivity index (χ1v) is 24.2. The number of fused-ring (bicyclic) bond motifs is 2. The molecule has 0 N–H and O–H groups in total. The minimum atomic E-state index is -0.274. The van der Waals surface area contributed by atoms with E-state index >= 15 is 0 Å². The Morgan fingerprint density at radius 1 is 0.348 bits per heavy atom. The van der Waals surface area contributed by atoms with Gasteiger partial charge in [0.1, 0.15) is 70.8 Å². The molecule has 0 atom stereocenters. The molecular formula is C50H24Cl4N8S4. The molecule has 5 aromatic rings. The summed E-state index contributed by atoms with van der Waals surface area (Å²) in [4.78, 5) is 0. The Kier molecular flexibility index (Phi) is 19.1. The largest absolute Gasteiger partial charge is 0.192 e. The number of hydrogen-bond donors (Lipinski definition) is 0. The zero-order chi connectivity index (χ0) is 47.6. The maximum atomic E-state index is 10.3. The number of alkyl halides is 4. The number of thioether (sulfide) groups is 4. The minimum Gasteiger partial charge on any atom is -0.192 e. The fourth-order valence-electron chi connectivity index (χ4n) is 7.04. The van der Waals surface area contributed by atoms with Crippen molar-refractivity contribution in [3.05, 3.63) is 174 Å². The van der Waals surface area contributed by atoms with E-state index in [1.54, 1.807) is 72.8 Å². The zero-order valence-corrected chi connectivity index (χ0v) is 40.0. The first kappa shape index (κ1) is 50.3. The lowest BCUT2D eigenvalue weighted by atomic mass is 9.84. The molecule has 16 heteroatoms. The molecule has 5 aromatic carbocycles. The summed E-state index contributed by atoms with van der Waals surface area (Å²) in [5, 5.41) is 95.1. The molecule has 0 unspecified atom stereocenters. The lowest BCUT2D eigenvalue weighted by Gasteiger charge is -2.18. The van der Waals surface area contributed by atoms with Crippen LogP contribution >= 0.6 is 93.5 Å². The van der Waals surface area contributed by atoms with Crippen molar-refractivity contribution in [2.45, 2.75) is 0 Å². The van der Waals surface area contributed by atoms with Crippen molar-refractivity contribution in [2.75, 3.05) is 10.7 Å². The van der Waals surface area contributed by atoms with Gasteiger partial charge in [0.2, 0.25) is 0 Å². The third kappa shape index (κ3) is 10.9. The molecule has 316 valence electrons. The van der Waals surface area contributed by atoms with Crippen molar-refractivity contribution in [3.63, 3.8) is 0 Å². The summed E-state index contributed by atoms with van der Waals surface area (Å²) in [7, 11) is 0. The second-order valence-electron chi connectivity index (χ2n) is 12.7. The number of hydrogen-bond acceptors (Lipinski definition) is 12. The molecule has 8 nitrogen and oxygen atoms in total. The lowest BCUT2D eigenvalue weighted by molar-refractivity contribution is 1.44. The molecule has 0 aliphatic carbocycles. The molecule has 0 saturated carbocycles. The summed E-state index contributed by atoms with van der Waals surface area (Å²) in [6.45, 7) is 0. The van der Waals surface area contributed by atoms with Crippen molar-refractivity contribution in [2.24, 2.45) is 0 Å². The topological polar surface area (TPSA) is 190 Å². The van der Waals surface area contributed by atoms with Gasteiger partial charge >= 0.3 is 0 Å². The van der Waals surface area contributed by atoms with Gasteiger partial charge in [0.25, 0.3) is 0 Å². The Morgan fingerprint density at radius 2 is 0.606 bits per heavy atom. The van der Waals surface area contributed by atoms with Gasteiger partial charge in [-0.3, -0.25) is 0 Å². The summed E-state index contributed by atoms with van der Waals surface area (Å²) in [5.74, 6) is 0. The van der Waals surface area contributed by atoms with Crippen LogP contribution in [0.1, 0.15) is 22.3 Å². The van der Waals surface area contributed by atoms with E-state index < -0.39 is 0 Å². The van der Waals surface area contributed by atoms with Crippen LogP contribution in [0.5, 0.6) is 0 Å². The van der Waals surface area contributed by atoms with Gasteiger partial charge in [0.05, 0.1) is 19.2 Å². The van der Waals surface area contributed by atoms with Crippen LogP contribution in [0.15, 0.2) is 141 Å². The van der Waals surface area contributed by atoms with Gasteiger partial charge in [0.15, 0.2) is 0 Å². The average molecular weight is 1010 g/mol. The van der Waals surface area contributed by atoms with Gasteiger partial charge in [-0.25, -0.2) is 0 Å². The first-order valence-electron chi connectivity index (χ1n) is 18.6. The number of nitriles is 8. The molecule has 7 rings (SSSR count). The molecule has 2 aliphatic heterocycles. The molecular weight excluding hydrogens is 983 g/mol. The molecule has 2 aliphatic rings. The van der Waals surface area contributed by atoms with Crippen LogP contribution in [0, 0.1) is 90.6 Å². The maximum absolute atomic E-state index is 10.3. The molecule has 0 aromatic heterocycles. The van der Waals surface area contributed by atoms with Crippen molar-refractivity contribution >= 4 is 146 Å². The number of benzene rings is 5. The highest BCUT2D eigenvalue weighted by Gasteiger charge is 2.25. The molecule has 0 spiro atoms. The minimum absolute atomic E-state index is 0.143.